The molecule has 1 saturated heterocycles. The van der Waals surface area contributed by atoms with Gasteiger partial charge < -0.3 is 15.0 Å². The Balaban J connectivity index is 1.86. The van der Waals surface area contributed by atoms with Gasteiger partial charge in [0, 0.05) is 61.1 Å². The fourth-order valence-electron chi connectivity index (χ4n) is 4.01. The first-order valence-corrected chi connectivity index (χ1v) is 13.5. The minimum Gasteiger partial charge on any atom is -0.406 e. The van der Waals surface area contributed by atoms with E-state index in [-0.39, 0.29) is 33.3 Å². The Morgan fingerprint density at radius 1 is 1.11 bits per heavy atom. The van der Waals surface area contributed by atoms with Crippen molar-refractivity contribution in [3.05, 3.63) is 52.5 Å². The number of sulfone groups is 1. The summed E-state index contributed by atoms with van der Waals surface area (Å²) >= 11 is 6.02. The van der Waals surface area contributed by atoms with E-state index in [9.17, 15) is 26.4 Å². The molecule has 0 aromatic heterocycles. The highest BCUT2D eigenvalue weighted by Crippen LogP contribution is 2.30. The molecule has 2 aromatic carbocycles. The summed E-state index contributed by atoms with van der Waals surface area (Å²) in [6, 6.07) is 8.38. The van der Waals surface area contributed by atoms with Crippen molar-refractivity contribution in [1.82, 2.24) is 10.2 Å². The number of carbonyl (C=O) groups excluding carboxylic acids is 1. The van der Waals surface area contributed by atoms with E-state index >= 15 is 0 Å². The maximum absolute atomic E-state index is 13.0. The van der Waals surface area contributed by atoms with Crippen LogP contribution >= 0.6 is 11.6 Å². The van der Waals surface area contributed by atoms with Crippen molar-refractivity contribution in [2.75, 3.05) is 36.8 Å². The lowest BCUT2D eigenvalue weighted by atomic mass is 10.1. The van der Waals surface area contributed by atoms with Crippen LogP contribution in [0.25, 0.3) is 0 Å². The van der Waals surface area contributed by atoms with Crippen LogP contribution in [0.5, 0.6) is 5.75 Å². The number of carbonyl (C=O) groups is 1. The predicted molar refractivity (Wildman–Crippen MR) is 132 cm³/mol. The molecule has 1 aliphatic rings. The molecule has 0 saturated carbocycles. The summed E-state index contributed by atoms with van der Waals surface area (Å²) in [5.41, 5.74) is 0.674. The molecule has 36 heavy (non-hydrogen) atoms. The SMILES string of the molecule is CCS(=O)(=O)c1ccc(Cl)cc1CNC(=O)c1cc(OC(F)(F)F)cc(N2CCN(C(C)C)CC2)c1. The molecule has 0 bridgehead atoms. The molecule has 0 spiro atoms. The Bertz CT molecular complexity index is 1200. The average Bonchev–Trinajstić information content (AvgIpc) is 2.81. The normalized spacial score (nSPS) is 15.3. The van der Waals surface area contributed by atoms with Crippen molar-refractivity contribution < 1.29 is 31.1 Å². The number of nitrogens with one attached hydrogen (secondary N) is 1. The summed E-state index contributed by atoms with van der Waals surface area (Å²) in [6.07, 6.45) is -4.92. The number of rotatable bonds is 8. The molecule has 0 aliphatic carbocycles. The standard InChI is InChI=1S/C24H29ClF3N3O4S/c1-4-36(33,34)22-6-5-19(25)11-18(22)15-29-23(32)17-12-20(14-21(13-17)35-24(26,27)28)31-9-7-30(8-10-31)16(2)3/h5-6,11-14,16H,4,7-10,15H2,1-3H3,(H,29,32). The maximum Gasteiger partial charge on any atom is 0.573 e. The van der Waals surface area contributed by atoms with Crippen molar-refractivity contribution in [2.24, 2.45) is 0 Å². The van der Waals surface area contributed by atoms with Crippen molar-refractivity contribution in [2.45, 2.75) is 44.6 Å². The minimum absolute atomic E-state index is 0.0348. The largest absolute Gasteiger partial charge is 0.573 e. The van der Waals surface area contributed by atoms with Crippen LogP contribution in [-0.4, -0.2) is 63.6 Å². The molecule has 1 aliphatic heterocycles. The van der Waals surface area contributed by atoms with Crippen molar-refractivity contribution in [3.8, 4) is 5.75 Å². The molecule has 0 unspecified atom stereocenters. The third kappa shape index (κ3) is 7.27. The molecule has 0 radical (unpaired) electrons. The average molecular weight is 548 g/mol. The van der Waals surface area contributed by atoms with Gasteiger partial charge in [-0.25, -0.2) is 8.42 Å². The molecular weight excluding hydrogens is 519 g/mol. The Morgan fingerprint density at radius 2 is 1.78 bits per heavy atom. The number of ether oxygens (including phenoxy) is 1. The summed E-state index contributed by atoms with van der Waals surface area (Å²) in [6.45, 7) is 8.09. The maximum atomic E-state index is 13.0. The van der Waals surface area contributed by atoms with Crippen LogP contribution in [0.15, 0.2) is 41.3 Å². The lowest BCUT2D eigenvalue weighted by molar-refractivity contribution is -0.274. The first kappa shape index (κ1) is 28.1. The Labute approximate surface area is 214 Å². The van der Waals surface area contributed by atoms with E-state index in [1.807, 2.05) is 4.90 Å². The number of hydrogen-bond acceptors (Lipinski definition) is 6. The first-order chi connectivity index (χ1) is 16.8. The van der Waals surface area contributed by atoms with Gasteiger partial charge in [-0.1, -0.05) is 18.5 Å². The number of benzene rings is 2. The zero-order valence-corrected chi connectivity index (χ0v) is 21.8. The third-order valence-corrected chi connectivity index (χ3v) is 8.04. The van der Waals surface area contributed by atoms with Gasteiger partial charge in [-0.3, -0.25) is 9.69 Å². The number of piperazine rings is 1. The van der Waals surface area contributed by atoms with Crippen molar-refractivity contribution in [1.29, 1.82) is 0 Å². The van der Waals surface area contributed by atoms with Crippen molar-refractivity contribution in [3.63, 3.8) is 0 Å². The Hall–Kier alpha value is -2.50. The van der Waals surface area contributed by atoms with E-state index in [0.29, 0.717) is 24.8 Å². The zero-order valence-electron chi connectivity index (χ0n) is 20.2. The smallest absolute Gasteiger partial charge is 0.406 e. The van der Waals surface area contributed by atoms with E-state index < -0.39 is 27.9 Å². The Kier molecular flexibility index (Phi) is 8.79. The van der Waals surface area contributed by atoms with Crippen LogP contribution in [0.3, 0.4) is 0 Å². The molecule has 1 heterocycles. The highest BCUT2D eigenvalue weighted by atomic mass is 35.5. The van der Waals surface area contributed by atoms with Gasteiger partial charge in [0.1, 0.15) is 5.75 Å². The number of amides is 1. The van der Waals surface area contributed by atoms with Gasteiger partial charge in [-0.15, -0.1) is 13.2 Å². The molecule has 0 atom stereocenters. The van der Waals surface area contributed by atoms with E-state index in [0.717, 1.165) is 19.2 Å². The highest BCUT2D eigenvalue weighted by molar-refractivity contribution is 7.91. The second-order valence-corrected chi connectivity index (χ2v) is 11.4. The summed E-state index contributed by atoms with van der Waals surface area (Å²) in [5, 5.41) is 2.89. The summed E-state index contributed by atoms with van der Waals surface area (Å²) < 4.78 is 67.9. The van der Waals surface area contributed by atoms with Gasteiger partial charge in [0.2, 0.25) is 0 Å². The minimum atomic E-state index is -4.92. The van der Waals surface area contributed by atoms with Gasteiger partial charge >= 0.3 is 6.36 Å². The predicted octanol–water partition coefficient (Wildman–Crippen LogP) is 4.49. The van der Waals surface area contributed by atoms with Gasteiger partial charge in [-0.05, 0) is 49.7 Å². The van der Waals surface area contributed by atoms with Crippen LogP contribution in [0.1, 0.15) is 36.7 Å². The Morgan fingerprint density at radius 3 is 2.36 bits per heavy atom. The molecule has 198 valence electrons. The zero-order chi connectivity index (χ0) is 26.7. The lowest BCUT2D eigenvalue weighted by Gasteiger charge is -2.38. The fraction of sp³-hybridized carbons (Fsp3) is 0.458. The highest BCUT2D eigenvalue weighted by Gasteiger charge is 2.32. The van der Waals surface area contributed by atoms with Crippen molar-refractivity contribution >= 4 is 33.0 Å². The van der Waals surface area contributed by atoms with E-state index in [1.54, 1.807) is 0 Å². The summed E-state index contributed by atoms with van der Waals surface area (Å²) in [5.74, 6) is -1.32. The van der Waals surface area contributed by atoms with Gasteiger partial charge in [0.25, 0.3) is 5.91 Å². The number of alkyl halides is 3. The molecule has 3 rings (SSSR count). The number of anilines is 1. The second-order valence-electron chi connectivity index (χ2n) is 8.72. The van der Waals surface area contributed by atoms with Crippen LogP contribution in [0, 0.1) is 0 Å². The van der Waals surface area contributed by atoms with E-state index in [4.69, 9.17) is 11.6 Å². The molecule has 12 heteroatoms. The van der Waals surface area contributed by atoms with Gasteiger partial charge in [0.15, 0.2) is 9.84 Å². The number of halogens is 4. The van der Waals surface area contributed by atoms with Crippen LogP contribution < -0.4 is 15.0 Å². The molecule has 1 amide bonds. The van der Waals surface area contributed by atoms with Crippen LogP contribution in [-0.2, 0) is 16.4 Å². The molecule has 7 nitrogen and oxygen atoms in total. The topological polar surface area (TPSA) is 78.9 Å². The monoisotopic (exact) mass is 547 g/mol. The second kappa shape index (κ2) is 11.3. The number of nitrogens with zero attached hydrogens (tertiary/aromatic N) is 2. The number of hydrogen-bond donors (Lipinski definition) is 1. The molecule has 1 fully saturated rings. The fourth-order valence-corrected chi connectivity index (χ4v) is 5.32. The molecular formula is C24H29ClF3N3O4S. The molecule has 2 aromatic rings. The van der Waals surface area contributed by atoms with E-state index in [2.05, 4.69) is 28.8 Å². The third-order valence-electron chi connectivity index (χ3n) is 5.97. The summed E-state index contributed by atoms with van der Waals surface area (Å²) in [4.78, 5) is 17.2. The van der Waals surface area contributed by atoms with Gasteiger partial charge in [0.05, 0.1) is 10.6 Å². The quantitative estimate of drug-likeness (QED) is 0.524. The van der Waals surface area contributed by atoms with Crippen LogP contribution in [0.2, 0.25) is 5.02 Å². The van der Waals surface area contributed by atoms with Crippen LogP contribution in [0.4, 0.5) is 18.9 Å². The summed E-state index contributed by atoms with van der Waals surface area (Å²) in [7, 11) is -3.58. The first-order valence-electron chi connectivity index (χ1n) is 11.5. The molecule has 1 N–H and O–H groups in total. The lowest BCUT2D eigenvalue weighted by Crippen LogP contribution is -2.49. The van der Waals surface area contributed by atoms with Gasteiger partial charge in [-0.2, -0.15) is 0 Å². The van der Waals surface area contributed by atoms with E-state index in [1.165, 1.54) is 37.3 Å².